The van der Waals surface area contributed by atoms with E-state index in [1.807, 2.05) is 0 Å². The number of benzene rings is 2. The van der Waals surface area contributed by atoms with Gasteiger partial charge in [-0.25, -0.2) is 9.88 Å². The second kappa shape index (κ2) is 8.40. The Hall–Kier alpha value is -3.22. The van der Waals surface area contributed by atoms with Gasteiger partial charge in [0.1, 0.15) is 10.6 Å². The first-order valence-electron chi connectivity index (χ1n) is 11.8. The molecule has 3 aliphatic heterocycles. The Bertz CT molecular complexity index is 1520. The van der Waals surface area contributed by atoms with E-state index in [1.54, 1.807) is 43.3 Å². The summed E-state index contributed by atoms with van der Waals surface area (Å²) in [5, 5.41) is 22.4. The number of rotatable bonds is 5. The molecular weight excluding hydrogens is 517 g/mol. The molecule has 0 aliphatic carbocycles. The van der Waals surface area contributed by atoms with Crippen molar-refractivity contribution in [3.8, 4) is 11.9 Å². The molecule has 5 atom stereocenters. The highest BCUT2D eigenvalue weighted by Crippen LogP contribution is 2.62. The molecule has 5 unspecified atom stereocenters. The number of aliphatic hydroxyl groups is 1. The molecule has 4 heterocycles. The maximum absolute atomic E-state index is 14.0. The second-order valence-electron chi connectivity index (χ2n) is 9.87. The van der Waals surface area contributed by atoms with Gasteiger partial charge in [-0.15, -0.1) is 0 Å². The number of halogens is 2. The lowest BCUT2D eigenvalue weighted by molar-refractivity contribution is -0.134. The van der Waals surface area contributed by atoms with Crippen molar-refractivity contribution in [3.63, 3.8) is 0 Å². The summed E-state index contributed by atoms with van der Waals surface area (Å²) in [6.07, 6.45) is 0.915. The Morgan fingerprint density at radius 3 is 2.65 bits per heavy atom. The molecular formula is C27H21Cl2N3O5. The van der Waals surface area contributed by atoms with Crippen LogP contribution in [0.2, 0.25) is 10.0 Å². The third-order valence-electron chi connectivity index (χ3n) is 7.91. The minimum atomic E-state index is -1.22. The number of aliphatic hydroxyl groups excluding tert-OH is 1. The lowest BCUT2D eigenvalue weighted by Crippen LogP contribution is -2.49. The van der Waals surface area contributed by atoms with Crippen LogP contribution in [0.15, 0.2) is 48.7 Å². The van der Waals surface area contributed by atoms with E-state index in [4.69, 9.17) is 32.7 Å². The SMILES string of the molecule is CC12OC(CCOc3ncc(Cl)cc3Cl)(CC1O)C1C(=O)N(c3ccc(C#N)c4ccccc34)C(=O)C12. The summed E-state index contributed by atoms with van der Waals surface area (Å²) in [6, 6.07) is 14.1. The number of nitrogens with zero attached hydrogens (tertiary/aromatic N) is 3. The molecule has 2 aromatic carbocycles. The van der Waals surface area contributed by atoms with E-state index in [2.05, 4.69) is 11.1 Å². The molecule has 37 heavy (non-hydrogen) atoms. The number of fused-ring (bicyclic) bond motifs is 6. The van der Waals surface area contributed by atoms with Crippen LogP contribution in [-0.2, 0) is 14.3 Å². The van der Waals surface area contributed by atoms with Gasteiger partial charge < -0.3 is 14.6 Å². The summed E-state index contributed by atoms with van der Waals surface area (Å²) in [6.45, 7) is 1.79. The van der Waals surface area contributed by atoms with Gasteiger partial charge in [0.05, 0.1) is 52.5 Å². The van der Waals surface area contributed by atoms with Gasteiger partial charge in [0, 0.05) is 29.8 Å². The average molecular weight is 538 g/mol. The fourth-order valence-corrected chi connectivity index (χ4v) is 6.70. The minimum Gasteiger partial charge on any atom is -0.476 e. The molecule has 2 amide bonds. The number of hydrogen-bond acceptors (Lipinski definition) is 7. The van der Waals surface area contributed by atoms with Crippen LogP contribution < -0.4 is 9.64 Å². The van der Waals surface area contributed by atoms with Crippen LogP contribution in [0, 0.1) is 23.2 Å². The van der Waals surface area contributed by atoms with Gasteiger partial charge in [-0.2, -0.15) is 5.26 Å². The molecule has 1 aromatic heterocycles. The predicted molar refractivity (Wildman–Crippen MR) is 135 cm³/mol. The van der Waals surface area contributed by atoms with Gasteiger partial charge in [0.15, 0.2) is 0 Å². The van der Waals surface area contributed by atoms with Crippen LogP contribution in [0.3, 0.4) is 0 Å². The summed E-state index contributed by atoms with van der Waals surface area (Å²) in [5.74, 6) is -2.26. The molecule has 0 saturated carbocycles. The molecule has 3 aromatic rings. The van der Waals surface area contributed by atoms with Gasteiger partial charge >= 0.3 is 0 Å². The van der Waals surface area contributed by atoms with Crippen molar-refractivity contribution in [2.75, 3.05) is 11.5 Å². The summed E-state index contributed by atoms with van der Waals surface area (Å²) < 4.78 is 12.1. The van der Waals surface area contributed by atoms with Crippen molar-refractivity contribution < 1.29 is 24.2 Å². The maximum atomic E-state index is 14.0. The summed E-state index contributed by atoms with van der Waals surface area (Å²) in [7, 11) is 0. The quantitative estimate of drug-likeness (QED) is 0.483. The van der Waals surface area contributed by atoms with Crippen LogP contribution in [0.4, 0.5) is 5.69 Å². The van der Waals surface area contributed by atoms with E-state index in [-0.39, 0.29) is 36.3 Å². The highest BCUT2D eigenvalue weighted by molar-refractivity contribution is 6.35. The molecule has 0 radical (unpaired) electrons. The molecule has 3 aliphatic rings. The highest BCUT2D eigenvalue weighted by Gasteiger charge is 2.77. The topological polar surface area (TPSA) is 113 Å². The van der Waals surface area contributed by atoms with Gasteiger partial charge in [-0.3, -0.25) is 9.59 Å². The van der Waals surface area contributed by atoms with E-state index in [0.717, 1.165) is 0 Å². The number of pyridine rings is 1. The van der Waals surface area contributed by atoms with Crippen molar-refractivity contribution in [3.05, 3.63) is 64.3 Å². The standard InChI is InChI=1S/C27H21Cl2N3O5/c1-26-20(33)11-27(37-26,8-9-36-23-18(29)10-15(28)13-31-23)22-21(26)24(34)32(25(22)35)19-7-6-14(12-30)16-4-2-3-5-17(16)19/h2-7,10,13,20-22,33H,8-9,11H2,1H3. The molecule has 10 heteroatoms. The second-order valence-corrected chi connectivity index (χ2v) is 10.7. The van der Waals surface area contributed by atoms with E-state index < -0.39 is 35.0 Å². The minimum absolute atomic E-state index is 0.0988. The summed E-state index contributed by atoms with van der Waals surface area (Å²) in [5.41, 5.74) is -1.45. The lowest BCUT2D eigenvalue weighted by atomic mass is 9.66. The van der Waals surface area contributed by atoms with Crippen LogP contribution in [0.5, 0.6) is 5.88 Å². The maximum Gasteiger partial charge on any atom is 0.240 e. The van der Waals surface area contributed by atoms with Gasteiger partial charge in [-0.1, -0.05) is 47.5 Å². The monoisotopic (exact) mass is 537 g/mol. The first-order valence-corrected chi connectivity index (χ1v) is 12.6. The summed E-state index contributed by atoms with van der Waals surface area (Å²) >= 11 is 12.1. The van der Waals surface area contributed by atoms with Crippen LogP contribution in [-0.4, -0.2) is 45.8 Å². The molecule has 1 N–H and O–H groups in total. The van der Waals surface area contributed by atoms with Crippen molar-refractivity contribution in [2.24, 2.45) is 11.8 Å². The smallest absolute Gasteiger partial charge is 0.240 e. The number of imide groups is 1. The van der Waals surface area contributed by atoms with Crippen molar-refractivity contribution in [1.29, 1.82) is 5.26 Å². The molecule has 0 spiro atoms. The van der Waals surface area contributed by atoms with E-state index in [1.165, 1.54) is 17.2 Å². The van der Waals surface area contributed by atoms with Gasteiger partial charge in [0.25, 0.3) is 0 Å². The number of carbonyl (C=O) groups is 2. The first kappa shape index (κ1) is 24.1. The van der Waals surface area contributed by atoms with Crippen molar-refractivity contribution in [1.82, 2.24) is 4.98 Å². The van der Waals surface area contributed by atoms with Crippen LogP contribution >= 0.6 is 23.2 Å². The number of anilines is 1. The number of nitriles is 1. The molecule has 3 fully saturated rings. The molecule has 188 valence electrons. The Morgan fingerprint density at radius 2 is 1.92 bits per heavy atom. The molecule has 2 bridgehead atoms. The van der Waals surface area contributed by atoms with Gasteiger partial charge in [0.2, 0.25) is 17.7 Å². The number of carbonyl (C=O) groups excluding carboxylic acids is 2. The van der Waals surface area contributed by atoms with Crippen molar-refractivity contribution in [2.45, 2.75) is 37.1 Å². The Morgan fingerprint density at radius 1 is 1.19 bits per heavy atom. The third kappa shape index (κ3) is 3.39. The molecule has 8 nitrogen and oxygen atoms in total. The van der Waals surface area contributed by atoms with Crippen LogP contribution in [0.1, 0.15) is 25.3 Å². The normalized spacial score (nSPS) is 30.1. The van der Waals surface area contributed by atoms with Crippen molar-refractivity contribution >= 4 is 51.5 Å². The number of ether oxygens (including phenoxy) is 2. The van der Waals surface area contributed by atoms with Gasteiger partial charge in [-0.05, 0) is 25.1 Å². The summed E-state index contributed by atoms with van der Waals surface area (Å²) in [4.78, 5) is 33.1. The largest absolute Gasteiger partial charge is 0.476 e. The number of aromatic nitrogens is 1. The highest BCUT2D eigenvalue weighted by atomic mass is 35.5. The van der Waals surface area contributed by atoms with E-state index >= 15 is 0 Å². The van der Waals surface area contributed by atoms with Crippen LogP contribution in [0.25, 0.3) is 10.8 Å². The Balaban J connectivity index is 1.35. The predicted octanol–water partition coefficient (Wildman–Crippen LogP) is 4.28. The molecule has 3 saturated heterocycles. The number of hydrogen-bond donors (Lipinski definition) is 1. The zero-order chi connectivity index (χ0) is 26.1. The zero-order valence-corrected chi connectivity index (χ0v) is 21.2. The number of amides is 2. The zero-order valence-electron chi connectivity index (χ0n) is 19.6. The first-order chi connectivity index (χ1) is 17.7. The molecule has 6 rings (SSSR count). The third-order valence-corrected chi connectivity index (χ3v) is 8.39. The Kier molecular flexibility index (Phi) is 5.48. The van der Waals surface area contributed by atoms with E-state index in [9.17, 15) is 20.0 Å². The lowest BCUT2D eigenvalue weighted by Gasteiger charge is -2.33. The fraction of sp³-hybridized carbons (Fsp3) is 0.333. The Labute approximate surface area is 222 Å². The fourth-order valence-electron chi connectivity index (χ4n) is 6.27. The average Bonchev–Trinajstić information content (AvgIpc) is 3.41. The van der Waals surface area contributed by atoms with E-state index in [0.29, 0.717) is 27.0 Å².